The van der Waals surface area contributed by atoms with E-state index in [9.17, 15) is 15.2 Å². The zero-order valence-electron chi connectivity index (χ0n) is 13.9. The fourth-order valence-electron chi connectivity index (χ4n) is 3.05. The van der Waals surface area contributed by atoms with Gasteiger partial charge in [-0.2, -0.15) is 5.26 Å². The summed E-state index contributed by atoms with van der Waals surface area (Å²) in [7, 11) is 1.68. The number of carbonyl (C=O) groups is 1. The van der Waals surface area contributed by atoms with Crippen molar-refractivity contribution in [1.29, 1.82) is 5.26 Å². The van der Waals surface area contributed by atoms with Gasteiger partial charge >= 0.3 is 5.97 Å². The molecule has 0 amide bonds. The molecule has 1 N–H and O–H groups in total. The van der Waals surface area contributed by atoms with Crippen LogP contribution in [0.1, 0.15) is 28.7 Å². The van der Waals surface area contributed by atoms with Gasteiger partial charge in [0.2, 0.25) is 0 Å². The van der Waals surface area contributed by atoms with Gasteiger partial charge in [-0.05, 0) is 12.0 Å². The van der Waals surface area contributed by atoms with Crippen molar-refractivity contribution < 1.29 is 9.90 Å². The second-order valence-corrected chi connectivity index (χ2v) is 5.54. The zero-order chi connectivity index (χ0) is 18.0. The Morgan fingerprint density at radius 2 is 1.92 bits per heavy atom. The molecule has 0 spiro atoms. The molecule has 0 aliphatic heterocycles. The van der Waals surface area contributed by atoms with Crippen molar-refractivity contribution in [1.82, 2.24) is 14.5 Å². The first-order chi connectivity index (χ1) is 12.1. The summed E-state index contributed by atoms with van der Waals surface area (Å²) >= 11 is 0. The number of nitrogens with zero attached hydrogens (tertiary/aromatic N) is 4. The summed E-state index contributed by atoms with van der Waals surface area (Å²) < 4.78 is 1.59. The molecular weight excluding hydrogens is 316 g/mol. The van der Waals surface area contributed by atoms with Gasteiger partial charge in [0.15, 0.2) is 0 Å². The van der Waals surface area contributed by atoms with E-state index in [2.05, 4.69) is 16.0 Å². The quantitative estimate of drug-likeness (QED) is 0.791. The van der Waals surface area contributed by atoms with Gasteiger partial charge in [-0.3, -0.25) is 9.97 Å². The summed E-state index contributed by atoms with van der Waals surface area (Å²) in [5.74, 6) is -1.05. The maximum absolute atomic E-state index is 11.8. The van der Waals surface area contributed by atoms with Gasteiger partial charge in [-0.1, -0.05) is 31.2 Å². The van der Waals surface area contributed by atoms with E-state index in [-0.39, 0.29) is 5.69 Å². The molecule has 0 aliphatic rings. The number of aromatic carboxylic acids is 1. The van der Waals surface area contributed by atoms with E-state index in [0.717, 1.165) is 11.3 Å². The third-order valence-corrected chi connectivity index (χ3v) is 4.20. The van der Waals surface area contributed by atoms with Gasteiger partial charge in [0.25, 0.3) is 0 Å². The largest absolute Gasteiger partial charge is 0.477 e. The third kappa shape index (κ3) is 2.76. The van der Waals surface area contributed by atoms with Crippen LogP contribution in [0.15, 0.2) is 42.9 Å². The number of benzene rings is 1. The normalized spacial score (nSPS) is 10.4. The maximum atomic E-state index is 11.8. The lowest BCUT2D eigenvalue weighted by Crippen LogP contribution is -2.07. The standard InChI is InChI=1S/C19H16N4O2/c1-3-16-14(10-20)17(18(19(24)25)23(16)2)13-6-4-12(5-7-13)15-11-21-8-9-22-15/h4-9,11H,3H2,1-2H3,(H,24,25). The summed E-state index contributed by atoms with van der Waals surface area (Å²) in [6.45, 7) is 1.91. The number of aromatic nitrogens is 3. The molecule has 124 valence electrons. The molecule has 3 rings (SSSR count). The summed E-state index contributed by atoms with van der Waals surface area (Å²) in [4.78, 5) is 20.0. The minimum Gasteiger partial charge on any atom is -0.477 e. The van der Waals surface area contributed by atoms with Gasteiger partial charge in [-0.15, -0.1) is 0 Å². The summed E-state index contributed by atoms with van der Waals surface area (Å²) in [5.41, 5.74) is 4.01. The Kier molecular flexibility index (Phi) is 4.31. The Bertz CT molecular complexity index is 967. The van der Waals surface area contributed by atoms with E-state index in [1.165, 1.54) is 0 Å². The van der Waals surface area contributed by atoms with E-state index >= 15 is 0 Å². The Labute approximate surface area is 145 Å². The Balaban J connectivity index is 2.17. The van der Waals surface area contributed by atoms with Gasteiger partial charge in [0.1, 0.15) is 11.8 Å². The monoisotopic (exact) mass is 332 g/mol. The highest BCUT2D eigenvalue weighted by Gasteiger charge is 2.25. The van der Waals surface area contributed by atoms with Crippen LogP contribution < -0.4 is 0 Å². The van der Waals surface area contributed by atoms with Crippen LogP contribution in [0.25, 0.3) is 22.4 Å². The van der Waals surface area contributed by atoms with E-state index in [0.29, 0.717) is 28.8 Å². The van der Waals surface area contributed by atoms with Gasteiger partial charge < -0.3 is 9.67 Å². The van der Waals surface area contributed by atoms with Crippen LogP contribution in [0.5, 0.6) is 0 Å². The average molecular weight is 332 g/mol. The number of hydrogen-bond acceptors (Lipinski definition) is 4. The first kappa shape index (κ1) is 16.4. The SMILES string of the molecule is CCc1c(C#N)c(-c2ccc(-c3cnccn3)cc2)c(C(=O)O)n1C. The van der Waals surface area contributed by atoms with Crippen LogP contribution in [0.2, 0.25) is 0 Å². The number of hydrogen-bond donors (Lipinski definition) is 1. The Morgan fingerprint density at radius 1 is 1.24 bits per heavy atom. The molecule has 0 unspecified atom stereocenters. The maximum Gasteiger partial charge on any atom is 0.353 e. The van der Waals surface area contributed by atoms with Crippen molar-refractivity contribution in [3.05, 3.63) is 59.8 Å². The predicted molar refractivity (Wildman–Crippen MR) is 92.9 cm³/mol. The van der Waals surface area contributed by atoms with Crippen molar-refractivity contribution in [2.24, 2.45) is 7.05 Å². The summed E-state index contributed by atoms with van der Waals surface area (Å²) in [6.07, 6.45) is 5.46. The minimum atomic E-state index is -1.05. The molecule has 6 nitrogen and oxygen atoms in total. The van der Waals surface area contributed by atoms with Gasteiger partial charge in [0.05, 0.1) is 17.5 Å². The third-order valence-electron chi connectivity index (χ3n) is 4.20. The second-order valence-electron chi connectivity index (χ2n) is 5.54. The fraction of sp³-hybridized carbons (Fsp3) is 0.158. The van der Waals surface area contributed by atoms with Crippen molar-refractivity contribution in [3.8, 4) is 28.5 Å². The molecule has 1 aromatic carbocycles. The second kappa shape index (κ2) is 6.57. The molecular formula is C19H16N4O2. The lowest BCUT2D eigenvalue weighted by molar-refractivity contribution is 0.0687. The average Bonchev–Trinajstić information content (AvgIpc) is 2.94. The van der Waals surface area contributed by atoms with E-state index < -0.39 is 5.97 Å². The topological polar surface area (TPSA) is 91.8 Å². The number of nitriles is 1. The minimum absolute atomic E-state index is 0.126. The van der Waals surface area contributed by atoms with Gasteiger partial charge in [-0.25, -0.2) is 4.79 Å². The molecule has 0 radical (unpaired) electrons. The van der Waals surface area contributed by atoms with E-state index in [1.807, 2.05) is 31.2 Å². The van der Waals surface area contributed by atoms with E-state index in [1.54, 1.807) is 30.2 Å². The molecule has 0 atom stereocenters. The summed E-state index contributed by atoms with van der Waals surface area (Å²) in [5, 5.41) is 19.2. The first-order valence-electron chi connectivity index (χ1n) is 7.80. The van der Waals surface area contributed by atoms with Crippen LogP contribution in [0.3, 0.4) is 0 Å². The van der Waals surface area contributed by atoms with Crippen molar-refractivity contribution in [3.63, 3.8) is 0 Å². The molecule has 0 saturated carbocycles. The molecule has 6 heteroatoms. The molecule has 2 heterocycles. The predicted octanol–water partition coefficient (Wildman–Crippen LogP) is 3.28. The Hall–Kier alpha value is -3.46. The van der Waals surface area contributed by atoms with Crippen molar-refractivity contribution >= 4 is 5.97 Å². The van der Waals surface area contributed by atoms with Crippen molar-refractivity contribution in [2.75, 3.05) is 0 Å². The van der Waals surface area contributed by atoms with Crippen molar-refractivity contribution in [2.45, 2.75) is 13.3 Å². The van der Waals surface area contributed by atoms with Crippen LogP contribution in [0.4, 0.5) is 0 Å². The number of carboxylic acids is 1. The molecule has 0 fully saturated rings. The highest BCUT2D eigenvalue weighted by atomic mass is 16.4. The lowest BCUT2D eigenvalue weighted by atomic mass is 9.98. The number of rotatable bonds is 4. The van der Waals surface area contributed by atoms with Crippen LogP contribution >= 0.6 is 0 Å². The molecule has 0 aliphatic carbocycles. The van der Waals surface area contributed by atoms with Gasteiger partial charge in [0, 0.05) is 36.3 Å². The first-order valence-corrected chi connectivity index (χ1v) is 7.80. The molecule has 25 heavy (non-hydrogen) atoms. The molecule has 0 bridgehead atoms. The Morgan fingerprint density at radius 3 is 2.44 bits per heavy atom. The highest BCUT2D eigenvalue weighted by molar-refractivity contribution is 5.97. The summed E-state index contributed by atoms with van der Waals surface area (Å²) in [6, 6.07) is 9.50. The fourth-order valence-corrected chi connectivity index (χ4v) is 3.05. The van der Waals surface area contributed by atoms with Crippen LogP contribution in [-0.4, -0.2) is 25.6 Å². The molecule has 0 saturated heterocycles. The van der Waals surface area contributed by atoms with Crippen LogP contribution in [0, 0.1) is 11.3 Å². The number of carboxylic acid groups (broad SMARTS) is 1. The molecule has 2 aromatic heterocycles. The smallest absolute Gasteiger partial charge is 0.353 e. The molecule has 3 aromatic rings. The lowest BCUT2D eigenvalue weighted by Gasteiger charge is -2.06. The van der Waals surface area contributed by atoms with Crippen LogP contribution in [-0.2, 0) is 13.5 Å². The zero-order valence-corrected chi connectivity index (χ0v) is 13.9. The highest BCUT2D eigenvalue weighted by Crippen LogP contribution is 2.33. The van der Waals surface area contributed by atoms with E-state index in [4.69, 9.17) is 0 Å².